The number of pyridine rings is 1. The van der Waals surface area contributed by atoms with Gasteiger partial charge in [-0.1, -0.05) is 0 Å². The fourth-order valence-electron chi connectivity index (χ4n) is 2.68. The monoisotopic (exact) mass is 381 g/mol. The molecule has 0 radical (unpaired) electrons. The number of carbonyl (C=O) groups is 3. The molecule has 142 valence electrons. The molecule has 3 rings (SSSR count). The Morgan fingerprint density at radius 3 is 2.67 bits per heavy atom. The topological polar surface area (TPSA) is 105 Å². The molecular weight excluding hydrogens is 367 g/mol. The van der Waals surface area contributed by atoms with Gasteiger partial charge in [0, 0.05) is 13.2 Å². The van der Waals surface area contributed by atoms with Crippen molar-refractivity contribution in [1.29, 1.82) is 0 Å². The van der Waals surface area contributed by atoms with Crippen molar-refractivity contribution >= 4 is 23.4 Å². The zero-order valence-corrected chi connectivity index (χ0v) is 14.0. The molecule has 1 aliphatic heterocycles. The van der Waals surface area contributed by atoms with Crippen molar-refractivity contribution in [3.05, 3.63) is 47.0 Å². The quantitative estimate of drug-likeness (QED) is 0.742. The smallest absolute Gasteiger partial charge is 0.354 e. The number of anilines is 1. The van der Waals surface area contributed by atoms with Crippen LogP contribution in [0.5, 0.6) is 0 Å². The summed E-state index contributed by atoms with van der Waals surface area (Å²) in [7, 11) is 1.41. The lowest BCUT2D eigenvalue weighted by atomic mass is 10.2. The largest absolute Gasteiger partial charge is 0.416 e. The van der Waals surface area contributed by atoms with Gasteiger partial charge >= 0.3 is 6.18 Å². The summed E-state index contributed by atoms with van der Waals surface area (Å²) in [6, 6.07) is 2.76. The Balaban J connectivity index is 1.93. The molecule has 27 heavy (non-hydrogen) atoms. The van der Waals surface area contributed by atoms with E-state index in [-0.39, 0.29) is 30.4 Å². The van der Waals surface area contributed by atoms with Gasteiger partial charge < -0.3 is 20.5 Å². The van der Waals surface area contributed by atoms with E-state index < -0.39 is 29.2 Å². The third kappa shape index (κ3) is 3.61. The first-order valence-electron chi connectivity index (χ1n) is 7.76. The van der Waals surface area contributed by atoms with E-state index in [1.807, 2.05) is 0 Å². The first-order valence-corrected chi connectivity index (χ1v) is 7.76. The van der Waals surface area contributed by atoms with E-state index in [0.717, 1.165) is 12.3 Å². The molecule has 0 saturated heterocycles. The standard InChI is InChI=1S/C16H14F3N5O3/c1-20-15(27)11-5-9(12-6-22-13(25)7-24(11)12)23-14(26)10-4-8(2-3-21-10)16(17,18)19/h2-5H,6-7H2,1H3,(H,20,27)(H,22,25)(H,23,26). The SMILES string of the molecule is CNC(=O)c1cc(NC(=O)c2cc(C(F)(F)F)ccn2)c2n1CC(=O)NC2. The second-order valence-electron chi connectivity index (χ2n) is 5.71. The Morgan fingerprint density at radius 2 is 2.00 bits per heavy atom. The molecule has 0 aliphatic carbocycles. The van der Waals surface area contributed by atoms with Crippen molar-refractivity contribution in [2.45, 2.75) is 19.3 Å². The summed E-state index contributed by atoms with van der Waals surface area (Å²) in [4.78, 5) is 39.6. The highest BCUT2D eigenvalue weighted by Crippen LogP contribution is 2.29. The Labute approximate surface area is 150 Å². The maximum atomic E-state index is 12.8. The molecule has 0 bridgehead atoms. The molecule has 3 heterocycles. The summed E-state index contributed by atoms with van der Waals surface area (Å²) < 4.78 is 39.8. The Hall–Kier alpha value is -3.37. The highest BCUT2D eigenvalue weighted by Gasteiger charge is 2.32. The average Bonchev–Trinajstić information content (AvgIpc) is 2.98. The number of rotatable bonds is 3. The Bertz CT molecular complexity index is 936. The van der Waals surface area contributed by atoms with Crippen molar-refractivity contribution in [3.63, 3.8) is 0 Å². The van der Waals surface area contributed by atoms with Crippen molar-refractivity contribution < 1.29 is 27.6 Å². The lowest BCUT2D eigenvalue weighted by Crippen LogP contribution is -2.36. The van der Waals surface area contributed by atoms with E-state index in [1.54, 1.807) is 0 Å². The fourth-order valence-corrected chi connectivity index (χ4v) is 2.68. The van der Waals surface area contributed by atoms with E-state index in [2.05, 4.69) is 20.9 Å². The van der Waals surface area contributed by atoms with Crippen molar-refractivity contribution in [2.75, 3.05) is 12.4 Å². The highest BCUT2D eigenvalue weighted by atomic mass is 19.4. The van der Waals surface area contributed by atoms with Gasteiger partial charge in [-0.2, -0.15) is 13.2 Å². The average molecular weight is 381 g/mol. The second-order valence-corrected chi connectivity index (χ2v) is 5.71. The third-order valence-electron chi connectivity index (χ3n) is 3.99. The molecule has 0 unspecified atom stereocenters. The van der Waals surface area contributed by atoms with E-state index in [0.29, 0.717) is 11.8 Å². The molecule has 2 aromatic heterocycles. The molecule has 11 heteroatoms. The van der Waals surface area contributed by atoms with Gasteiger partial charge in [0.25, 0.3) is 11.8 Å². The number of halogens is 3. The van der Waals surface area contributed by atoms with Gasteiger partial charge in [0.15, 0.2) is 0 Å². The number of aromatic nitrogens is 2. The van der Waals surface area contributed by atoms with Crippen molar-refractivity contribution in [3.8, 4) is 0 Å². The number of amides is 3. The second kappa shape index (κ2) is 6.74. The minimum atomic E-state index is -4.61. The van der Waals surface area contributed by atoms with Gasteiger partial charge in [-0.25, -0.2) is 0 Å². The number of nitrogens with one attached hydrogen (secondary N) is 3. The highest BCUT2D eigenvalue weighted by molar-refractivity contribution is 6.05. The van der Waals surface area contributed by atoms with Gasteiger partial charge in [0.1, 0.15) is 17.9 Å². The van der Waals surface area contributed by atoms with E-state index >= 15 is 0 Å². The predicted molar refractivity (Wildman–Crippen MR) is 86.9 cm³/mol. The molecule has 2 aromatic rings. The normalized spacial score (nSPS) is 13.6. The minimum Gasteiger partial charge on any atom is -0.354 e. The van der Waals surface area contributed by atoms with Gasteiger partial charge in [-0.15, -0.1) is 0 Å². The molecule has 8 nitrogen and oxygen atoms in total. The molecular formula is C16H14F3N5O3. The third-order valence-corrected chi connectivity index (χ3v) is 3.99. The van der Waals surface area contributed by atoms with Crippen molar-refractivity contribution in [1.82, 2.24) is 20.2 Å². The maximum absolute atomic E-state index is 12.8. The number of hydrogen-bond acceptors (Lipinski definition) is 4. The van der Waals surface area contributed by atoms with Crippen LogP contribution in [0.3, 0.4) is 0 Å². The van der Waals surface area contributed by atoms with Crippen LogP contribution >= 0.6 is 0 Å². The molecule has 3 amide bonds. The predicted octanol–water partition coefficient (Wildman–Crippen LogP) is 1.14. The maximum Gasteiger partial charge on any atom is 0.416 e. The summed E-state index contributed by atoms with van der Waals surface area (Å²) in [5, 5.41) is 7.47. The fraction of sp³-hybridized carbons (Fsp3) is 0.250. The van der Waals surface area contributed by atoms with Gasteiger partial charge in [0.05, 0.1) is 23.5 Å². The van der Waals surface area contributed by atoms with Crippen LogP contribution in [0.25, 0.3) is 0 Å². The Kier molecular flexibility index (Phi) is 4.60. The number of fused-ring (bicyclic) bond motifs is 1. The summed E-state index contributed by atoms with van der Waals surface area (Å²) in [5.41, 5.74) is -0.619. The molecule has 3 N–H and O–H groups in total. The molecule has 0 atom stereocenters. The number of hydrogen-bond donors (Lipinski definition) is 3. The van der Waals surface area contributed by atoms with E-state index in [9.17, 15) is 27.6 Å². The molecule has 0 spiro atoms. The summed E-state index contributed by atoms with van der Waals surface area (Å²) >= 11 is 0. The van der Waals surface area contributed by atoms with Gasteiger partial charge in [-0.3, -0.25) is 19.4 Å². The van der Waals surface area contributed by atoms with Crippen LogP contribution in [0, 0.1) is 0 Å². The van der Waals surface area contributed by atoms with Crippen LogP contribution in [0.1, 0.15) is 32.2 Å². The zero-order valence-electron chi connectivity index (χ0n) is 14.0. The first kappa shape index (κ1) is 18.4. The van der Waals surface area contributed by atoms with Gasteiger partial charge in [0.2, 0.25) is 5.91 Å². The lowest BCUT2D eigenvalue weighted by molar-refractivity contribution is -0.137. The Morgan fingerprint density at radius 1 is 1.26 bits per heavy atom. The molecule has 0 saturated carbocycles. The summed E-state index contributed by atoms with van der Waals surface area (Å²) in [6.07, 6.45) is -3.72. The number of nitrogens with zero attached hydrogens (tertiary/aromatic N) is 2. The number of alkyl halides is 3. The number of carbonyl (C=O) groups excluding carboxylic acids is 3. The van der Waals surface area contributed by atoms with Crippen LogP contribution in [0.2, 0.25) is 0 Å². The molecule has 1 aliphatic rings. The van der Waals surface area contributed by atoms with Crippen molar-refractivity contribution in [2.24, 2.45) is 0 Å². The lowest BCUT2D eigenvalue weighted by Gasteiger charge is -2.19. The van der Waals surface area contributed by atoms with Crippen LogP contribution in [-0.4, -0.2) is 34.3 Å². The van der Waals surface area contributed by atoms with Crippen LogP contribution in [0.4, 0.5) is 18.9 Å². The molecule has 0 fully saturated rings. The zero-order chi connectivity index (χ0) is 19.8. The summed E-state index contributed by atoms with van der Waals surface area (Å²) in [5.74, 6) is -1.64. The van der Waals surface area contributed by atoms with E-state index in [1.165, 1.54) is 17.7 Å². The van der Waals surface area contributed by atoms with Gasteiger partial charge in [-0.05, 0) is 18.2 Å². The first-order chi connectivity index (χ1) is 12.7. The van der Waals surface area contributed by atoms with Crippen LogP contribution in [0.15, 0.2) is 24.4 Å². The minimum absolute atomic E-state index is 0.0570. The van der Waals surface area contributed by atoms with E-state index in [4.69, 9.17) is 0 Å². The van der Waals surface area contributed by atoms with Crippen LogP contribution < -0.4 is 16.0 Å². The van der Waals surface area contributed by atoms with Crippen LogP contribution in [-0.2, 0) is 24.1 Å². The molecule has 0 aromatic carbocycles. The summed E-state index contributed by atoms with van der Waals surface area (Å²) in [6.45, 7) is -0.0583.